The largest absolute Gasteiger partial charge is 0.319 e. The number of carbonyl (C=O) groups is 1. The Labute approximate surface area is 169 Å². The molecule has 0 aliphatic carbocycles. The number of para-hydroxylation sites is 1. The van der Waals surface area contributed by atoms with Gasteiger partial charge in [0.2, 0.25) is 0 Å². The molecule has 3 aromatic carbocycles. The van der Waals surface area contributed by atoms with Crippen LogP contribution in [0.4, 0.5) is 15.8 Å². The second-order valence-electron chi connectivity index (χ2n) is 6.12. The Bertz CT molecular complexity index is 1110. The summed E-state index contributed by atoms with van der Waals surface area (Å²) in [7, 11) is -3.79. The fourth-order valence-electron chi connectivity index (χ4n) is 2.72. The van der Waals surface area contributed by atoms with Gasteiger partial charge in [-0.1, -0.05) is 36.4 Å². The molecule has 1 N–H and O–H groups in total. The number of amides is 1. The first-order chi connectivity index (χ1) is 13.9. The van der Waals surface area contributed by atoms with Crippen molar-refractivity contribution >= 4 is 27.3 Å². The quantitative estimate of drug-likeness (QED) is 0.585. The molecule has 0 aromatic heterocycles. The van der Waals surface area contributed by atoms with Crippen LogP contribution in [0.1, 0.15) is 10.4 Å². The number of carbonyl (C=O) groups excluding carboxylic acids is 1. The lowest BCUT2D eigenvalue weighted by Gasteiger charge is -2.23. The van der Waals surface area contributed by atoms with Crippen molar-refractivity contribution in [1.82, 2.24) is 0 Å². The zero-order valence-electron chi connectivity index (χ0n) is 15.5. The number of anilines is 2. The normalized spacial score (nSPS) is 10.9. The molecule has 3 aromatic rings. The molecule has 7 heteroatoms. The molecule has 0 unspecified atom stereocenters. The second kappa shape index (κ2) is 8.70. The van der Waals surface area contributed by atoms with Crippen molar-refractivity contribution in [3.05, 3.63) is 103 Å². The van der Waals surface area contributed by atoms with Crippen molar-refractivity contribution in [2.45, 2.75) is 4.90 Å². The van der Waals surface area contributed by atoms with Gasteiger partial charge in [0.1, 0.15) is 5.82 Å². The summed E-state index contributed by atoms with van der Waals surface area (Å²) in [5.41, 5.74) is 0.727. The van der Waals surface area contributed by atoms with E-state index in [0.717, 1.165) is 0 Å². The van der Waals surface area contributed by atoms with E-state index >= 15 is 0 Å². The first-order valence-electron chi connectivity index (χ1n) is 8.78. The van der Waals surface area contributed by atoms with Crippen molar-refractivity contribution < 1.29 is 17.6 Å². The number of benzene rings is 3. The molecule has 0 aliphatic heterocycles. The summed E-state index contributed by atoms with van der Waals surface area (Å²) in [4.78, 5) is 12.5. The lowest BCUT2D eigenvalue weighted by atomic mass is 10.2. The van der Waals surface area contributed by atoms with Gasteiger partial charge in [-0.05, 0) is 48.5 Å². The molecule has 5 nitrogen and oxygen atoms in total. The highest BCUT2D eigenvalue weighted by molar-refractivity contribution is 7.92. The Morgan fingerprint density at radius 1 is 0.966 bits per heavy atom. The number of nitrogens with zero attached hydrogens (tertiary/aromatic N) is 1. The van der Waals surface area contributed by atoms with E-state index in [-0.39, 0.29) is 22.7 Å². The highest BCUT2D eigenvalue weighted by Crippen LogP contribution is 2.24. The lowest BCUT2D eigenvalue weighted by molar-refractivity contribution is 0.102. The third-order valence-electron chi connectivity index (χ3n) is 4.17. The lowest BCUT2D eigenvalue weighted by Crippen LogP contribution is -2.31. The number of nitrogens with one attached hydrogen (secondary N) is 1. The van der Waals surface area contributed by atoms with Crippen LogP contribution in [0.5, 0.6) is 0 Å². The van der Waals surface area contributed by atoms with Crippen molar-refractivity contribution in [3.63, 3.8) is 0 Å². The van der Waals surface area contributed by atoms with Crippen LogP contribution in [0.2, 0.25) is 0 Å². The van der Waals surface area contributed by atoms with Gasteiger partial charge in [0.15, 0.2) is 0 Å². The van der Waals surface area contributed by atoms with Gasteiger partial charge in [0, 0.05) is 5.56 Å². The highest BCUT2D eigenvalue weighted by atomic mass is 32.2. The van der Waals surface area contributed by atoms with Crippen molar-refractivity contribution in [1.29, 1.82) is 0 Å². The van der Waals surface area contributed by atoms with Crippen LogP contribution in [-0.4, -0.2) is 20.9 Å². The topological polar surface area (TPSA) is 66.5 Å². The summed E-state index contributed by atoms with van der Waals surface area (Å²) in [6.45, 7) is 3.70. The zero-order chi connectivity index (χ0) is 20.9. The Balaban J connectivity index is 1.86. The molecule has 0 atom stereocenters. The SMILES string of the molecule is C=CCN(c1ccc(C(=O)Nc2ccccc2F)cc1)S(=O)(=O)c1ccccc1. The first-order valence-corrected chi connectivity index (χ1v) is 10.2. The third kappa shape index (κ3) is 4.52. The summed E-state index contributed by atoms with van der Waals surface area (Å²) in [5, 5.41) is 2.49. The maximum atomic E-state index is 13.7. The third-order valence-corrected chi connectivity index (χ3v) is 5.97. The molecule has 148 valence electrons. The molecule has 3 rings (SSSR count). The first kappa shape index (κ1) is 20.3. The van der Waals surface area contributed by atoms with E-state index in [1.165, 1.54) is 65.0 Å². The Kier molecular flexibility index (Phi) is 6.09. The van der Waals surface area contributed by atoms with Gasteiger partial charge in [0.05, 0.1) is 22.8 Å². The summed E-state index contributed by atoms with van der Waals surface area (Å²) in [6, 6.07) is 19.9. The average Bonchev–Trinajstić information content (AvgIpc) is 2.74. The van der Waals surface area contributed by atoms with E-state index in [2.05, 4.69) is 11.9 Å². The standard InChI is InChI=1S/C22H19FN2O3S/c1-2-16-25(29(27,28)19-8-4-3-5-9-19)18-14-12-17(13-15-18)22(26)24-21-11-7-6-10-20(21)23/h2-15H,1,16H2,(H,24,26). The molecule has 0 aliphatic rings. The Morgan fingerprint density at radius 3 is 2.21 bits per heavy atom. The summed E-state index contributed by atoms with van der Waals surface area (Å²) < 4.78 is 40.9. The van der Waals surface area contributed by atoms with Gasteiger partial charge in [-0.25, -0.2) is 12.8 Å². The second-order valence-corrected chi connectivity index (χ2v) is 7.98. The Morgan fingerprint density at radius 2 is 1.59 bits per heavy atom. The minimum atomic E-state index is -3.79. The van der Waals surface area contributed by atoms with Crippen molar-refractivity contribution in [3.8, 4) is 0 Å². The highest BCUT2D eigenvalue weighted by Gasteiger charge is 2.24. The van der Waals surface area contributed by atoms with E-state index in [1.54, 1.807) is 24.3 Å². The number of rotatable bonds is 7. The molecule has 0 saturated carbocycles. The van der Waals surface area contributed by atoms with E-state index in [1.807, 2.05) is 0 Å². The fraction of sp³-hybridized carbons (Fsp3) is 0.0455. The summed E-state index contributed by atoms with van der Waals surface area (Å²) in [6.07, 6.45) is 1.49. The molecule has 1 amide bonds. The summed E-state index contributed by atoms with van der Waals surface area (Å²) >= 11 is 0. The predicted octanol–water partition coefficient (Wildman–Crippen LogP) is 4.46. The Hall–Kier alpha value is -3.45. The molecule has 29 heavy (non-hydrogen) atoms. The molecular weight excluding hydrogens is 391 g/mol. The maximum absolute atomic E-state index is 13.7. The maximum Gasteiger partial charge on any atom is 0.264 e. The molecule has 0 saturated heterocycles. The van der Waals surface area contributed by atoms with E-state index < -0.39 is 21.7 Å². The van der Waals surface area contributed by atoms with Gasteiger partial charge < -0.3 is 5.32 Å². The van der Waals surface area contributed by atoms with Gasteiger partial charge in [-0.3, -0.25) is 9.10 Å². The molecule has 0 heterocycles. The molecule has 0 radical (unpaired) electrons. The van der Waals surface area contributed by atoms with Gasteiger partial charge in [-0.15, -0.1) is 6.58 Å². The smallest absolute Gasteiger partial charge is 0.264 e. The van der Waals surface area contributed by atoms with Crippen LogP contribution in [0.3, 0.4) is 0 Å². The van der Waals surface area contributed by atoms with Crippen molar-refractivity contribution in [2.24, 2.45) is 0 Å². The summed E-state index contributed by atoms with van der Waals surface area (Å²) in [5.74, 6) is -1.04. The number of hydrogen-bond acceptors (Lipinski definition) is 3. The number of sulfonamides is 1. The zero-order valence-corrected chi connectivity index (χ0v) is 16.3. The minimum Gasteiger partial charge on any atom is -0.319 e. The molecular formula is C22H19FN2O3S. The number of halogens is 1. The van der Waals surface area contributed by atoms with Crippen LogP contribution < -0.4 is 9.62 Å². The van der Waals surface area contributed by atoms with Crippen LogP contribution in [0, 0.1) is 5.82 Å². The predicted molar refractivity (Wildman–Crippen MR) is 112 cm³/mol. The average molecular weight is 410 g/mol. The molecule has 0 spiro atoms. The van der Waals surface area contributed by atoms with Gasteiger partial charge >= 0.3 is 0 Å². The van der Waals surface area contributed by atoms with Crippen LogP contribution in [-0.2, 0) is 10.0 Å². The monoisotopic (exact) mass is 410 g/mol. The van der Waals surface area contributed by atoms with Crippen LogP contribution in [0.25, 0.3) is 0 Å². The van der Waals surface area contributed by atoms with Gasteiger partial charge in [-0.2, -0.15) is 0 Å². The molecule has 0 fully saturated rings. The van der Waals surface area contributed by atoms with E-state index in [9.17, 15) is 17.6 Å². The molecule has 0 bridgehead atoms. The number of hydrogen-bond donors (Lipinski definition) is 1. The van der Waals surface area contributed by atoms with E-state index in [0.29, 0.717) is 5.69 Å². The van der Waals surface area contributed by atoms with E-state index in [4.69, 9.17) is 0 Å². The minimum absolute atomic E-state index is 0.0675. The van der Waals surface area contributed by atoms with Crippen molar-refractivity contribution in [2.75, 3.05) is 16.2 Å². The van der Waals surface area contributed by atoms with Crippen LogP contribution >= 0.6 is 0 Å². The van der Waals surface area contributed by atoms with Gasteiger partial charge in [0.25, 0.3) is 15.9 Å². The fourth-order valence-corrected chi connectivity index (χ4v) is 4.17. The van der Waals surface area contributed by atoms with Crippen LogP contribution in [0.15, 0.2) is 96.4 Å².